The smallest absolute Gasteiger partial charge is 0.237 e. The van der Waals surface area contributed by atoms with E-state index in [0.717, 1.165) is 25.8 Å². The van der Waals surface area contributed by atoms with E-state index >= 15 is 0 Å². The summed E-state index contributed by atoms with van der Waals surface area (Å²) < 4.78 is 0. The standard InChI is InChI=1S/C15H28N2O2/c1-11-7-8-16(14(11)10-18)9-15(19)17-12(2)5-4-6-13(17)3/h11-14,18H,4-10H2,1-3H3. The van der Waals surface area contributed by atoms with E-state index in [4.69, 9.17) is 0 Å². The fourth-order valence-electron chi connectivity index (χ4n) is 3.75. The molecule has 4 heteroatoms. The molecule has 4 unspecified atom stereocenters. The first-order valence-corrected chi connectivity index (χ1v) is 7.70. The Kier molecular flexibility index (Phi) is 4.85. The number of rotatable bonds is 3. The van der Waals surface area contributed by atoms with Gasteiger partial charge >= 0.3 is 0 Å². The molecule has 0 radical (unpaired) electrons. The second kappa shape index (κ2) is 6.23. The number of carbonyl (C=O) groups is 1. The van der Waals surface area contributed by atoms with E-state index in [1.165, 1.54) is 6.42 Å². The van der Waals surface area contributed by atoms with Crippen molar-refractivity contribution >= 4 is 5.91 Å². The van der Waals surface area contributed by atoms with Gasteiger partial charge in [-0.05, 0) is 52.0 Å². The highest BCUT2D eigenvalue weighted by Crippen LogP contribution is 2.26. The van der Waals surface area contributed by atoms with Gasteiger partial charge in [0.25, 0.3) is 0 Å². The molecule has 0 aromatic rings. The van der Waals surface area contributed by atoms with Crippen LogP contribution in [0.5, 0.6) is 0 Å². The SMILES string of the molecule is CC1CCN(CC(=O)N2C(C)CCCC2C)C1CO. The molecular formula is C15H28N2O2. The lowest BCUT2D eigenvalue weighted by Crippen LogP contribution is -2.52. The number of hydrogen-bond donors (Lipinski definition) is 1. The number of piperidine rings is 1. The largest absolute Gasteiger partial charge is 0.395 e. The summed E-state index contributed by atoms with van der Waals surface area (Å²) >= 11 is 0. The summed E-state index contributed by atoms with van der Waals surface area (Å²) in [6.45, 7) is 8.06. The van der Waals surface area contributed by atoms with Crippen molar-refractivity contribution < 1.29 is 9.90 Å². The van der Waals surface area contributed by atoms with Gasteiger partial charge in [-0.3, -0.25) is 9.69 Å². The molecule has 2 heterocycles. The summed E-state index contributed by atoms with van der Waals surface area (Å²) in [5.41, 5.74) is 0. The van der Waals surface area contributed by atoms with Crippen molar-refractivity contribution in [2.45, 2.75) is 64.6 Å². The van der Waals surface area contributed by atoms with Crippen LogP contribution in [0.15, 0.2) is 0 Å². The predicted octanol–water partition coefficient (Wildman–Crippen LogP) is 1.48. The molecule has 2 fully saturated rings. The number of likely N-dealkylation sites (tertiary alicyclic amines) is 2. The minimum Gasteiger partial charge on any atom is -0.395 e. The maximum absolute atomic E-state index is 12.5. The van der Waals surface area contributed by atoms with E-state index in [9.17, 15) is 9.90 Å². The molecule has 2 aliphatic heterocycles. The molecule has 110 valence electrons. The molecule has 1 N–H and O–H groups in total. The lowest BCUT2D eigenvalue weighted by molar-refractivity contribution is -0.139. The van der Waals surface area contributed by atoms with E-state index in [1.807, 2.05) is 0 Å². The van der Waals surface area contributed by atoms with Crippen molar-refractivity contribution in [3.63, 3.8) is 0 Å². The van der Waals surface area contributed by atoms with Gasteiger partial charge in [0.05, 0.1) is 13.2 Å². The highest BCUT2D eigenvalue weighted by molar-refractivity contribution is 5.79. The molecule has 4 nitrogen and oxygen atoms in total. The summed E-state index contributed by atoms with van der Waals surface area (Å²) in [4.78, 5) is 16.8. The maximum Gasteiger partial charge on any atom is 0.237 e. The van der Waals surface area contributed by atoms with E-state index in [2.05, 4.69) is 30.6 Å². The lowest BCUT2D eigenvalue weighted by Gasteiger charge is -2.40. The Labute approximate surface area is 116 Å². The Morgan fingerprint density at radius 1 is 1.16 bits per heavy atom. The predicted molar refractivity (Wildman–Crippen MR) is 75.8 cm³/mol. The molecule has 0 aliphatic carbocycles. The second-order valence-corrected chi connectivity index (χ2v) is 6.42. The first-order valence-electron chi connectivity index (χ1n) is 7.70. The minimum atomic E-state index is 0.166. The Hall–Kier alpha value is -0.610. The summed E-state index contributed by atoms with van der Waals surface area (Å²) in [5, 5.41) is 9.47. The average Bonchev–Trinajstić information content (AvgIpc) is 2.69. The van der Waals surface area contributed by atoms with E-state index in [-0.39, 0.29) is 18.6 Å². The van der Waals surface area contributed by atoms with Crippen molar-refractivity contribution in [1.82, 2.24) is 9.80 Å². The van der Waals surface area contributed by atoms with E-state index in [0.29, 0.717) is 24.5 Å². The Balaban J connectivity index is 1.96. The Morgan fingerprint density at radius 3 is 2.37 bits per heavy atom. The number of amides is 1. The van der Waals surface area contributed by atoms with Crippen LogP contribution in [0.3, 0.4) is 0 Å². The van der Waals surface area contributed by atoms with Crippen molar-refractivity contribution in [2.75, 3.05) is 19.7 Å². The minimum absolute atomic E-state index is 0.166. The van der Waals surface area contributed by atoms with E-state index in [1.54, 1.807) is 0 Å². The zero-order chi connectivity index (χ0) is 14.0. The van der Waals surface area contributed by atoms with Crippen LogP contribution in [0.2, 0.25) is 0 Å². The molecule has 2 saturated heterocycles. The third-order valence-corrected chi connectivity index (χ3v) is 5.00. The number of nitrogens with zero attached hydrogens (tertiary/aromatic N) is 2. The zero-order valence-electron chi connectivity index (χ0n) is 12.5. The average molecular weight is 268 g/mol. The highest BCUT2D eigenvalue weighted by Gasteiger charge is 2.35. The van der Waals surface area contributed by atoms with Crippen molar-refractivity contribution in [3.05, 3.63) is 0 Å². The number of aliphatic hydroxyl groups is 1. The van der Waals surface area contributed by atoms with Gasteiger partial charge in [-0.15, -0.1) is 0 Å². The van der Waals surface area contributed by atoms with Crippen LogP contribution in [-0.4, -0.2) is 58.6 Å². The van der Waals surface area contributed by atoms with Crippen LogP contribution >= 0.6 is 0 Å². The number of carbonyl (C=O) groups excluding carboxylic acids is 1. The van der Waals surface area contributed by atoms with Gasteiger partial charge in [-0.2, -0.15) is 0 Å². The van der Waals surface area contributed by atoms with Gasteiger partial charge in [0, 0.05) is 18.1 Å². The summed E-state index contributed by atoms with van der Waals surface area (Å²) in [6.07, 6.45) is 4.56. The van der Waals surface area contributed by atoms with Crippen molar-refractivity contribution in [2.24, 2.45) is 5.92 Å². The zero-order valence-corrected chi connectivity index (χ0v) is 12.5. The van der Waals surface area contributed by atoms with Crippen LogP contribution < -0.4 is 0 Å². The van der Waals surface area contributed by atoms with Gasteiger partial charge in [0.2, 0.25) is 5.91 Å². The van der Waals surface area contributed by atoms with Gasteiger partial charge in [-0.1, -0.05) is 6.92 Å². The molecule has 2 aliphatic rings. The van der Waals surface area contributed by atoms with Crippen molar-refractivity contribution in [3.8, 4) is 0 Å². The number of aliphatic hydroxyl groups excluding tert-OH is 1. The molecule has 0 spiro atoms. The molecule has 0 aromatic heterocycles. The van der Waals surface area contributed by atoms with Crippen LogP contribution in [0, 0.1) is 5.92 Å². The van der Waals surface area contributed by atoms with Crippen LogP contribution in [0.4, 0.5) is 0 Å². The molecule has 0 bridgehead atoms. The molecule has 0 saturated carbocycles. The topological polar surface area (TPSA) is 43.8 Å². The van der Waals surface area contributed by atoms with Gasteiger partial charge in [0.1, 0.15) is 0 Å². The van der Waals surface area contributed by atoms with Gasteiger partial charge < -0.3 is 10.0 Å². The highest BCUT2D eigenvalue weighted by atomic mass is 16.3. The summed E-state index contributed by atoms with van der Waals surface area (Å²) in [7, 11) is 0. The fourth-order valence-corrected chi connectivity index (χ4v) is 3.75. The summed E-state index contributed by atoms with van der Waals surface area (Å²) in [5.74, 6) is 0.737. The van der Waals surface area contributed by atoms with Crippen LogP contribution in [-0.2, 0) is 4.79 Å². The van der Waals surface area contributed by atoms with E-state index < -0.39 is 0 Å². The molecule has 19 heavy (non-hydrogen) atoms. The first kappa shape index (κ1) is 14.8. The Morgan fingerprint density at radius 2 is 1.79 bits per heavy atom. The van der Waals surface area contributed by atoms with Gasteiger partial charge in [0.15, 0.2) is 0 Å². The molecular weight excluding hydrogens is 240 g/mol. The first-order chi connectivity index (χ1) is 9.04. The quantitative estimate of drug-likeness (QED) is 0.843. The third-order valence-electron chi connectivity index (χ3n) is 5.00. The fraction of sp³-hybridized carbons (Fsp3) is 0.933. The number of hydrogen-bond acceptors (Lipinski definition) is 3. The molecule has 2 rings (SSSR count). The molecule has 4 atom stereocenters. The van der Waals surface area contributed by atoms with Crippen LogP contribution in [0.1, 0.15) is 46.5 Å². The third kappa shape index (κ3) is 3.11. The monoisotopic (exact) mass is 268 g/mol. The molecule has 1 amide bonds. The summed E-state index contributed by atoms with van der Waals surface area (Å²) in [6, 6.07) is 0.895. The van der Waals surface area contributed by atoms with Crippen LogP contribution in [0.25, 0.3) is 0 Å². The second-order valence-electron chi connectivity index (χ2n) is 6.42. The lowest BCUT2D eigenvalue weighted by atomic mass is 9.97. The maximum atomic E-state index is 12.5. The van der Waals surface area contributed by atoms with Crippen molar-refractivity contribution in [1.29, 1.82) is 0 Å². The molecule has 0 aromatic carbocycles. The Bertz CT molecular complexity index is 311. The normalized spacial score (nSPS) is 36.7. The van der Waals surface area contributed by atoms with Gasteiger partial charge in [-0.25, -0.2) is 0 Å².